The van der Waals surface area contributed by atoms with Gasteiger partial charge in [-0.1, -0.05) is 41.9 Å². The molecule has 146 valence electrons. The predicted octanol–water partition coefficient (Wildman–Crippen LogP) is 3.65. The Balaban J connectivity index is 1.64. The molecule has 0 saturated heterocycles. The standard InChI is InChI=1S/C21H18ClN5O2/c22-18-7-9-19(10-8-18)29-15-20(28)25-24-13-17-14-27(12-4-11-23)26-21(17)16-5-2-1-3-6-16/h1-3,5-10,13-14H,4,12,15H2,(H,25,28)/b24-13-. The topological polar surface area (TPSA) is 92.3 Å². The average Bonchev–Trinajstić information content (AvgIpc) is 3.15. The van der Waals surface area contributed by atoms with Gasteiger partial charge in [-0.3, -0.25) is 9.48 Å². The summed E-state index contributed by atoms with van der Waals surface area (Å²) >= 11 is 5.81. The number of nitriles is 1. The van der Waals surface area contributed by atoms with E-state index < -0.39 is 5.91 Å². The van der Waals surface area contributed by atoms with Crippen LogP contribution in [-0.4, -0.2) is 28.5 Å². The molecule has 2 aromatic carbocycles. The Morgan fingerprint density at radius 2 is 2.00 bits per heavy atom. The normalized spacial score (nSPS) is 10.6. The molecule has 3 aromatic rings. The van der Waals surface area contributed by atoms with Crippen molar-refractivity contribution in [2.75, 3.05) is 6.61 Å². The van der Waals surface area contributed by atoms with Crippen molar-refractivity contribution in [1.29, 1.82) is 5.26 Å². The molecule has 1 aromatic heterocycles. The van der Waals surface area contributed by atoms with Crippen molar-refractivity contribution in [2.24, 2.45) is 5.10 Å². The fraction of sp³-hybridized carbons (Fsp3) is 0.143. The highest BCUT2D eigenvalue weighted by atomic mass is 35.5. The molecular formula is C21H18ClN5O2. The largest absolute Gasteiger partial charge is 0.484 e. The zero-order chi connectivity index (χ0) is 20.5. The molecule has 0 bridgehead atoms. The summed E-state index contributed by atoms with van der Waals surface area (Å²) in [6.07, 6.45) is 3.67. The lowest BCUT2D eigenvalue weighted by molar-refractivity contribution is -0.123. The lowest BCUT2D eigenvalue weighted by atomic mass is 10.1. The number of carbonyl (C=O) groups is 1. The van der Waals surface area contributed by atoms with Gasteiger partial charge in [-0.2, -0.15) is 15.5 Å². The van der Waals surface area contributed by atoms with Crippen molar-refractivity contribution < 1.29 is 9.53 Å². The second-order valence-corrected chi connectivity index (χ2v) is 6.44. The van der Waals surface area contributed by atoms with Gasteiger partial charge in [-0.15, -0.1) is 0 Å². The van der Waals surface area contributed by atoms with Crippen molar-refractivity contribution in [2.45, 2.75) is 13.0 Å². The van der Waals surface area contributed by atoms with Gasteiger partial charge >= 0.3 is 0 Å². The van der Waals surface area contributed by atoms with E-state index in [0.717, 1.165) is 16.8 Å². The molecule has 0 saturated carbocycles. The van der Waals surface area contributed by atoms with Crippen LogP contribution >= 0.6 is 11.6 Å². The number of hydrogen-bond donors (Lipinski definition) is 1. The Morgan fingerprint density at radius 3 is 2.72 bits per heavy atom. The molecular weight excluding hydrogens is 390 g/mol. The molecule has 0 atom stereocenters. The minimum Gasteiger partial charge on any atom is -0.484 e. The van der Waals surface area contributed by atoms with Gasteiger partial charge in [0.05, 0.1) is 25.2 Å². The van der Waals surface area contributed by atoms with Crippen LogP contribution in [0.2, 0.25) is 5.02 Å². The Labute approximate surface area is 173 Å². The summed E-state index contributed by atoms with van der Waals surface area (Å²) < 4.78 is 7.07. The summed E-state index contributed by atoms with van der Waals surface area (Å²) in [5, 5.41) is 17.9. The van der Waals surface area contributed by atoms with E-state index in [4.69, 9.17) is 21.6 Å². The van der Waals surface area contributed by atoms with Gasteiger partial charge in [0.1, 0.15) is 11.4 Å². The van der Waals surface area contributed by atoms with Crippen molar-refractivity contribution in [3.05, 3.63) is 71.4 Å². The lowest BCUT2D eigenvalue weighted by Gasteiger charge is -2.04. The second kappa shape index (κ2) is 10.1. The quantitative estimate of drug-likeness (QED) is 0.455. The van der Waals surface area contributed by atoms with Gasteiger partial charge in [0.25, 0.3) is 5.91 Å². The first-order valence-corrected chi connectivity index (χ1v) is 9.23. The molecule has 0 aliphatic carbocycles. The number of nitrogens with one attached hydrogen (secondary N) is 1. The first-order chi connectivity index (χ1) is 14.2. The highest BCUT2D eigenvalue weighted by Crippen LogP contribution is 2.20. The number of hydrazone groups is 1. The SMILES string of the molecule is N#CCCn1cc(/C=N\NC(=O)COc2ccc(Cl)cc2)c(-c2ccccc2)n1. The highest BCUT2D eigenvalue weighted by molar-refractivity contribution is 6.30. The summed E-state index contributed by atoms with van der Waals surface area (Å²) in [4.78, 5) is 11.9. The lowest BCUT2D eigenvalue weighted by Crippen LogP contribution is -2.24. The van der Waals surface area contributed by atoms with Crippen LogP contribution in [-0.2, 0) is 11.3 Å². The molecule has 0 spiro atoms. The van der Waals surface area contributed by atoms with E-state index in [1.54, 1.807) is 35.1 Å². The highest BCUT2D eigenvalue weighted by Gasteiger charge is 2.10. The number of aryl methyl sites for hydroxylation is 1. The molecule has 0 fully saturated rings. The smallest absolute Gasteiger partial charge is 0.277 e. The number of amides is 1. The number of aromatic nitrogens is 2. The number of hydrogen-bond acceptors (Lipinski definition) is 5. The average molecular weight is 408 g/mol. The van der Waals surface area contributed by atoms with Gasteiger partial charge in [0.2, 0.25) is 0 Å². The molecule has 1 heterocycles. The minimum absolute atomic E-state index is 0.175. The van der Waals surface area contributed by atoms with Crippen molar-refractivity contribution >= 4 is 23.7 Å². The Morgan fingerprint density at radius 1 is 1.24 bits per heavy atom. The van der Waals surface area contributed by atoms with Gasteiger partial charge in [-0.05, 0) is 24.3 Å². The van der Waals surface area contributed by atoms with E-state index in [1.807, 2.05) is 30.3 Å². The first-order valence-electron chi connectivity index (χ1n) is 8.86. The monoisotopic (exact) mass is 407 g/mol. The predicted molar refractivity (Wildman–Crippen MR) is 111 cm³/mol. The van der Waals surface area contributed by atoms with Gasteiger partial charge in [-0.25, -0.2) is 5.43 Å². The maximum absolute atomic E-state index is 11.9. The van der Waals surface area contributed by atoms with E-state index in [2.05, 4.69) is 21.7 Å². The Hall–Kier alpha value is -3.63. The first kappa shape index (κ1) is 20.1. The maximum atomic E-state index is 11.9. The van der Waals surface area contributed by atoms with E-state index in [0.29, 0.717) is 23.7 Å². The third-order valence-electron chi connectivity index (χ3n) is 3.87. The van der Waals surface area contributed by atoms with Crippen LogP contribution in [0.25, 0.3) is 11.3 Å². The molecule has 8 heteroatoms. The Bertz CT molecular complexity index is 1020. The van der Waals surface area contributed by atoms with Gasteiger partial charge in [0, 0.05) is 22.3 Å². The zero-order valence-corrected chi connectivity index (χ0v) is 16.2. The molecule has 29 heavy (non-hydrogen) atoms. The summed E-state index contributed by atoms with van der Waals surface area (Å²) in [7, 11) is 0. The van der Waals surface area contributed by atoms with E-state index in [9.17, 15) is 4.79 Å². The van der Waals surface area contributed by atoms with Crippen molar-refractivity contribution in [3.63, 3.8) is 0 Å². The molecule has 7 nitrogen and oxygen atoms in total. The van der Waals surface area contributed by atoms with Gasteiger partial charge in [0.15, 0.2) is 6.61 Å². The maximum Gasteiger partial charge on any atom is 0.277 e. The van der Waals surface area contributed by atoms with Crippen LogP contribution in [0.3, 0.4) is 0 Å². The van der Waals surface area contributed by atoms with Crippen LogP contribution < -0.4 is 10.2 Å². The molecule has 1 amide bonds. The van der Waals surface area contributed by atoms with Crippen molar-refractivity contribution in [1.82, 2.24) is 15.2 Å². The number of carbonyl (C=O) groups excluding carboxylic acids is 1. The number of benzene rings is 2. The van der Waals surface area contributed by atoms with Crippen molar-refractivity contribution in [3.8, 4) is 23.1 Å². The van der Waals surface area contributed by atoms with E-state index >= 15 is 0 Å². The minimum atomic E-state index is -0.394. The van der Waals surface area contributed by atoms with Crippen LogP contribution in [0.4, 0.5) is 0 Å². The zero-order valence-electron chi connectivity index (χ0n) is 15.5. The molecule has 1 N–H and O–H groups in total. The molecule has 0 aliphatic rings. The number of rotatable bonds is 8. The Kier molecular flexibility index (Phi) is 6.98. The molecule has 0 aliphatic heterocycles. The summed E-state index contributed by atoms with van der Waals surface area (Å²) in [5.74, 6) is 0.146. The van der Waals surface area contributed by atoms with Crippen LogP contribution in [0.1, 0.15) is 12.0 Å². The summed E-state index contributed by atoms with van der Waals surface area (Å²) in [5.41, 5.74) is 4.80. The fourth-order valence-electron chi connectivity index (χ4n) is 2.52. The van der Waals surface area contributed by atoms with Crippen LogP contribution in [0.15, 0.2) is 65.9 Å². The second-order valence-electron chi connectivity index (χ2n) is 6.01. The van der Waals surface area contributed by atoms with Gasteiger partial charge < -0.3 is 4.74 Å². The van der Waals surface area contributed by atoms with Crippen LogP contribution in [0.5, 0.6) is 5.75 Å². The third-order valence-corrected chi connectivity index (χ3v) is 4.12. The number of nitrogens with zero attached hydrogens (tertiary/aromatic N) is 4. The van der Waals surface area contributed by atoms with E-state index in [1.165, 1.54) is 6.21 Å². The summed E-state index contributed by atoms with van der Waals surface area (Å²) in [6.45, 7) is 0.303. The molecule has 0 radical (unpaired) electrons. The molecule has 0 unspecified atom stereocenters. The molecule has 3 rings (SSSR count). The third kappa shape index (κ3) is 5.92. The fourth-order valence-corrected chi connectivity index (χ4v) is 2.64. The van der Waals surface area contributed by atoms with Crippen LogP contribution in [0, 0.1) is 11.3 Å². The summed E-state index contributed by atoms with van der Waals surface area (Å²) in [6, 6.07) is 18.5. The number of ether oxygens (including phenoxy) is 1. The van der Waals surface area contributed by atoms with E-state index in [-0.39, 0.29) is 6.61 Å². The number of halogens is 1.